The molecule has 0 fully saturated rings. The monoisotopic (exact) mass is 217 g/mol. The van der Waals surface area contributed by atoms with Gasteiger partial charge in [0.1, 0.15) is 0 Å². The maximum absolute atomic E-state index is 8.95. The predicted octanol–water partition coefficient (Wildman–Crippen LogP) is 1.94. The van der Waals surface area contributed by atoms with E-state index in [0.717, 1.165) is 26.1 Å². The first-order valence-electron chi connectivity index (χ1n) is 5.81. The molecule has 0 radical (unpaired) electrons. The van der Waals surface area contributed by atoms with Crippen LogP contribution in [0.4, 0.5) is 0 Å². The molecular weight excluding hydrogens is 190 g/mol. The summed E-state index contributed by atoms with van der Waals surface area (Å²) in [5.74, 6) is 0. The van der Waals surface area contributed by atoms with Crippen LogP contribution in [0.15, 0.2) is 0 Å². The minimum atomic E-state index is -0.0233. The Balaban J connectivity index is 3.99. The molecule has 0 saturated heterocycles. The third kappa shape index (κ3) is 7.77. The van der Waals surface area contributed by atoms with E-state index >= 15 is 0 Å². The fourth-order valence-electron chi connectivity index (χ4n) is 1.79. The molecule has 2 N–H and O–H groups in total. The Hall–Kier alpha value is -0.120. The van der Waals surface area contributed by atoms with Gasteiger partial charge in [0.25, 0.3) is 0 Å². The van der Waals surface area contributed by atoms with Gasteiger partial charge in [-0.25, -0.2) is 0 Å². The van der Waals surface area contributed by atoms with Crippen molar-refractivity contribution in [1.29, 1.82) is 0 Å². The first-order chi connectivity index (χ1) is 6.83. The van der Waals surface area contributed by atoms with Crippen LogP contribution in [0.5, 0.6) is 0 Å². The molecule has 0 bridgehead atoms. The van der Waals surface area contributed by atoms with Crippen LogP contribution in [0.3, 0.4) is 0 Å². The molecule has 0 aliphatic rings. The van der Waals surface area contributed by atoms with Gasteiger partial charge in [-0.2, -0.15) is 0 Å². The van der Waals surface area contributed by atoms with Crippen LogP contribution in [0, 0.1) is 0 Å². The highest BCUT2D eigenvalue weighted by molar-refractivity contribution is 4.87. The van der Waals surface area contributed by atoms with Crippen molar-refractivity contribution in [2.75, 3.05) is 19.8 Å². The normalized spacial score (nSPS) is 13.2. The van der Waals surface area contributed by atoms with Gasteiger partial charge >= 0.3 is 0 Å². The van der Waals surface area contributed by atoms with Gasteiger partial charge in [-0.1, -0.05) is 0 Å². The lowest BCUT2D eigenvalue weighted by molar-refractivity contribution is 0.111. The molecule has 92 valence electrons. The van der Waals surface area contributed by atoms with E-state index < -0.39 is 0 Å². The predicted molar refractivity (Wildman–Crippen MR) is 64.1 cm³/mol. The minimum absolute atomic E-state index is 0.0233. The fraction of sp³-hybridized carbons (Fsp3) is 1.00. The molecule has 0 heterocycles. The number of hydrogen-bond acceptors (Lipinski definition) is 3. The lowest BCUT2D eigenvalue weighted by atomic mass is 9.93. The largest absolute Gasteiger partial charge is 0.396 e. The summed E-state index contributed by atoms with van der Waals surface area (Å²) in [6, 6.07) is 0. The fourth-order valence-corrected chi connectivity index (χ4v) is 1.79. The van der Waals surface area contributed by atoms with Crippen LogP contribution in [-0.4, -0.2) is 36.0 Å². The number of nitrogens with one attached hydrogen (secondary N) is 1. The lowest BCUT2D eigenvalue weighted by Gasteiger charge is -2.37. The average Bonchev–Trinajstić information content (AvgIpc) is 2.01. The molecule has 0 atom stereocenters. The topological polar surface area (TPSA) is 41.5 Å². The highest BCUT2D eigenvalue weighted by atomic mass is 16.5. The maximum Gasteiger partial charge on any atom is 0.0483 e. The number of aliphatic hydroxyl groups is 1. The number of aliphatic hydroxyl groups excluding tert-OH is 1. The Kier molecular flexibility index (Phi) is 6.41. The van der Waals surface area contributed by atoms with Crippen molar-refractivity contribution in [3.63, 3.8) is 0 Å². The van der Waals surface area contributed by atoms with E-state index in [2.05, 4.69) is 33.0 Å². The lowest BCUT2D eigenvalue weighted by Crippen LogP contribution is -2.52. The van der Waals surface area contributed by atoms with Gasteiger partial charge in [0.05, 0.1) is 0 Å². The van der Waals surface area contributed by atoms with E-state index in [4.69, 9.17) is 9.84 Å². The SMILES string of the molecule is CCOCCC(C)(C)NC(C)(C)CCO. The summed E-state index contributed by atoms with van der Waals surface area (Å²) in [5, 5.41) is 12.5. The van der Waals surface area contributed by atoms with Crippen molar-refractivity contribution in [2.24, 2.45) is 0 Å². The van der Waals surface area contributed by atoms with Crippen LogP contribution >= 0.6 is 0 Å². The first-order valence-corrected chi connectivity index (χ1v) is 5.81. The molecular formula is C12H27NO2. The van der Waals surface area contributed by atoms with Gasteiger partial charge in [0, 0.05) is 30.9 Å². The molecule has 0 spiro atoms. The van der Waals surface area contributed by atoms with E-state index in [-0.39, 0.29) is 17.7 Å². The van der Waals surface area contributed by atoms with Crippen molar-refractivity contribution in [1.82, 2.24) is 5.32 Å². The van der Waals surface area contributed by atoms with Gasteiger partial charge in [-0.3, -0.25) is 0 Å². The molecule has 0 aliphatic carbocycles. The van der Waals surface area contributed by atoms with Crippen LogP contribution < -0.4 is 5.32 Å². The molecule has 0 saturated carbocycles. The third-order valence-electron chi connectivity index (χ3n) is 2.49. The molecule has 0 aliphatic heterocycles. The summed E-state index contributed by atoms with van der Waals surface area (Å²) in [5.41, 5.74) is 0.0261. The summed E-state index contributed by atoms with van der Waals surface area (Å²) in [6.07, 6.45) is 1.75. The van der Waals surface area contributed by atoms with Crippen LogP contribution in [0.25, 0.3) is 0 Å². The van der Waals surface area contributed by atoms with Gasteiger partial charge in [-0.05, 0) is 47.5 Å². The van der Waals surface area contributed by atoms with Crippen molar-refractivity contribution < 1.29 is 9.84 Å². The highest BCUT2D eigenvalue weighted by Crippen LogP contribution is 2.17. The summed E-state index contributed by atoms with van der Waals surface area (Å²) < 4.78 is 5.35. The van der Waals surface area contributed by atoms with Crippen molar-refractivity contribution in [3.8, 4) is 0 Å². The minimum Gasteiger partial charge on any atom is -0.396 e. The number of rotatable bonds is 8. The average molecular weight is 217 g/mol. The van der Waals surface area contributed by atoms with Gasteiger partial charge in [0.2, 0.25) is 0 Å². The van der Waals surface area contributed by atoms with Gasteiger partial charge in [0.15, 0.2) is 0 Å². The second kappa shape index (κ2) is 6.46. The molecule has 0 amide bonds. The molecule has 3 nitrogen and oxygen atoms in total. The Morgan fingerprint density at radius 1 is 1.07 bits per heavy atom. The van der Waals surface area contributed by atoms with Gasteiger partial charge in [-0.15, -0.1) is 0 Å². The van der Waals surface area contributed by atoms with Crippen LogP contribution in [-0.2, 0) is 4.74 Å². The highest BCUT2D eigenvalue weighted by Gasteiger charge is 2.26. The molecule has 0 unspecified atom stereocenters. The molecule has 0 rings (SSSR count). The summed E-state index contributed by atoms with van der Waals surface area (Å²) in [6.45, 7) is 12.4. The molecule has 0 aromatic heterocycles. The van der Waals surface area contributed by atoms with E-state index in [9.17, 15) is 0 Å². The van der Waals surface area contributed by atoms with Crippen LogP contribution in [0.1, 0.15) is 47.5 Å². The van der Waals surface area contributed by atoms with Crippen LogP contribution in [0.2, 0.25) is 0 Å². The number of hydrogen-bond donors (Lipinski definition) is 2. The zero-order valence-electron chi connectivity index (χ0n) is 10.9. The van der Waals surface area contributed by atoms with E-state index in [0.29, 0.717) is 0 Å². The standard InChI is InChI=1S/C12H27NO2/c1-6-15-10-8-12(4,5)13-11(2,3)7-9-14/h13-14H,6-10H2,1-5H3. The Morgan fingerprint density at radius 2 is 1.60 bits per heavy atom. The molecule has 0 aromatic carbocycles. The molecule has 0 aromatic rings. The van der Waals surface area contributed by atoms with Crippen molar-refractivity contribution in [2.45, 2.75) is 58.5 Å². The second-order valence-corrected chi connectivity index (χ2v) is 5.31. The quantitative estimate of drug-likeness (QED) is 0.611. The molecule has 3 heteroatoms. The van der Waals surface area contributed by atoms with Crippen molar-refractivity contribution in [3.05, 3.63) is 0 Å². The smallest absolute Gasteiger partial charge is 0.0483 e. The summed E-state index contributed by atoms with van der Waals surface area (Å²) >= 11 is 0. The Labute approximate surface area is 94.2 Å². The van der Waals surface area contributed by atoms with Gasteiger partial charge < -0.3 is 15.2 Å². The Morgan fingerprint density at radius 3 is 2.07 bits per heavy atom. The second-order valence-electron chi connectivity index (χ2n) is 5.31. The number of ether oxygens (including phenoxy) is 1. The third-order valence-corrected chi connectivity index (χ3v) is 2.49. The van der Waals surface area contributed by atoms with E-state index in [1.807, 2.05) is 6.92 Å². The van der Waals surface area contributed by atoms with E-state index in [1.54, 1.807) is 0 Å². The zero-order chi connectivity index (χ0) is 11.9. The summed E-state index contributed by atoms with van der Waals surface area (Å²) in [4.78, 5) is 0. The molecule has 15 heavy (non-hydrogen) atoms. The zero-order valence-corrected chi connectivity index (χ0v) is 10.9. The van der Waals surface area contributed by atoms with E-state index in [1.165, 1.54) is 0 Å². The maximum atomic E-state index is 8.95. The Bertz CT molecular complexity index is 167. The first kappa shape index (κ1) is 14.9. The van der Waals surface area contributed by atoms with Crippen molar-refractivity contribution >= 4 is 0 Å². The summed E-state index contributed by atoms with van der Waals surface area (Å²) in [7, 11) is 0.